The average Bonchev–Trinajstić information content (AvgIpc) is 2.77. The van der Waals surface area contributed by atoms with E-state index in [0.29, 0.717) is 0 Å². The standard InChI is InChI=1S/C14H24N4O/c1-3-12-10(9-18(2)17-12)8-16-13-7-5-4-6-11(13)14(15)19/h9,11,13,16H,3-8H2,1-2H3,(H2,15,19)/t11-,13+/m1/s1. The number of aryl methyl sites for hydroxylation is 2. The van der Waals surface area contributed by atoms with Crippen molar-refractivity contribution in [2.75, 3.05) is 0 Å². The second kappa shape index (κ2) is 6.19. The smallest absolute Gasteiger partial charge is 0.222 e. The number of primary amides is 1. The molecule has 0 aliphatic heterocycles. The molecule has 5 nitrogen and oxygen atoms in total. The van der Waals surface area contributed by atoms with Crippen molar-refractivity contribution in [3.8, 4) is 0 Å². The van der Waals surface area contributed by atoms with Gasteiger partial charge < -0.3 is 11.1 Å². The van der Waals surface area contributed by atoms with Crippen molar-refractivity contribution in [2.24, 2.45) is 18.7 Å². The van der Waals surface area contributed by atoms with Crippen molar-refractivity contribution in [3.05, 3.63) is 17.5 Å². The number of aromatic nitrogens is 2. The number of hydrogen-bond acceptors (Lipinski definition) is 3. The van der Waals surface area contributed by atoms with Gasteiger partial charge in [0.2, 0.25) is 5.91 Å². The van der Waals surface area contributed by atoms with Crippen LogP contribution >= 0.6 is 0 Å². The molecule has 0 aromatic carbocycles. The molecular weight excluding hydrogens is 240 g/mol. The van der Waals surface area contributed by atoms with E-state index in [9.17, 15) is 4.79 Å². The Morgan fingerprint density at radius 1 is 1.53 bits per heavy atom. The normalized spacial score (nSPS) is 23.5. The van der Waals surface area contributed by atoms with E-state index in [4.69, 9.17) is 5.73 Å². The van der Waals surface area contributed by atoms with Crippen LogP contribution < -0.4 is 11.1 Å². The van der Waals surface area contributed by atoms with Crippen molar-refractivity contribution in [2.45, 2.75) is 51.6 Å². The van der Waals surface area contributed by atoms with E-state index in [-0.39, 0.29) is 17.9 Å². The maximum Gasteiger partial charge on any atom is 0.222 e. The summed E-state index contributed by atoms with van der Waals surface area (Å²) in [7, 11) is 1.94. The van der Waals surface area contributed by atoms with Gasteiger partial charge in [0.15, 0.2) is 0 Å². The van der Waals surface area contributed by atoms with Crippen LogP contribution in [0.15, 0.2) is 6.20 Å². The van der Waals surface area contributed by atoms with Gasteiger partial charge in [-0.1, -0.05) is 19.8 Å². The second-order valence-corrected chi connectivity index (χ2v) is 5.41. The van der Waals surface area contributed by atoms with Crippen molar-refractivity contribution in [3.63, 3.8) is 0 Å². The predicted molar refractivity (Wildman–Crippen MR) is 74.4 cm³/mol. The van der Waals surface area contributed by atoms with Gasteiger partial charge in [-0.25, -0.2) is 0 Å². The quantitative estimate of drug-likeness (QED) is 0.837. The fourth-order valence-corrected chi connectivity index (χ4v) is 2.99. The fourth-order valence-electron chi connectivity index (χ4n) is 2.99. The minimum Gasteiger partial charge on any atom is -0.369 e. The molecule has 1 aromatic rings. The van der Waals surface area contributed by atoms with Gasteiger partial charge in [0.1, 0.15) is 0 Å². The van der Waals surface area contributed by atoms with E-state index in [1.807, 2.05) is 17.9 Å². The Bertz CT molecular complexity index is 441. The molecule has 1 amide bonds. The Balaban J connectivity index is 1.98. The molecule has 2 atom stereocenters. The first kappa shape index (κ1) is 14.1. The monoisotopic (exact) mass is 264 g/mol. The van der Waals surface area contributed by atoms with Crippen LogP contribution in [0.25, 0.3) is 0 Å². The van der Waals surface area contributed by atoms with E-state index in [0.717, 1.165) is 37.9 Å². The summed E-state index contributed by atoms with van der Waals surface area (Å²) in [6.07, 6.45) is 7.22. The number of hydrogen-bond donors (Lipinski definition) is 2. The molecule has 106 valence electrons. The molecule has 0 spiro atoms. The zero-order chi connectivity index (χ0) is 13.8. The van der Waals surface area contributed by atoms with Crippen LogP contribution in [-0.4, -0.2) is 21.7 Å². The van der Waals surface area contributed by atoms with Crippen LogP contribution in [0.2, 0.25) is 0 Å². The molecule has 1 aromatic heterocycles. The average molecular weight is 264 g/mol. The number of nitrogens with two attached hydrogens (primary N) is 1. The van der Waals surface area contributed by atoms with Gasteiger partial charge in [0.05, 0.1) is 11.6 Å². The van der Waals surface area contributed by atoms with Crippen molar-refractivity contribution >= 4 is 5.91 Å². The third-order valence-electron chi connectivity index (χ3n) is 4.01. The molecule has 19 heavy (non-hydrogen) atoms. The maximum atomic E-state index is 11.5. The molecule has 0 radical (unpaired) electrons. The van der Waals surface area contributed by atoms with Gasteiger partial charge in [0, 0.05) is 31.4 Å². The highest BCUT2D eigenvalue weighted by Gasteiger charge is 2.29. The molecule has 1 fully saturated rings. The summed E-state index contributed by atoms with van der Waals surface area (Å²) in [4.78, 5) is 11.5. The summed E-state index contributed by atoms with van der Waals surface area (Å²) < 4.78 is 1.85. The Morgan fingerprint density at radius 3 is 2.95 bits per heavy atom. The molecule has 5 heteroatoms. The predicted octanol–water partition coefficient (Wildman–Crippen LogP) is 1.12. The lowest BCUT2D eigenvalue weighted by atomic mass is 9.84. The summed E-state index contributed by atoms with van der Waals surface area (Å²) in [6.45, 7) is 2.88. The minimum atomic E-state index is -0.167. The Hall–Kier alpha value is -1.36. The highest BCUT2D eigenvalue weighted by Crippen LogP contribution is 2.24. The number of carbonyl (C=O) groups is 1. The largest absolute Gasteiger partial charge is 0.369 e. The number of nitrogens with zero attached hydrogens (tertiary/aromatic N) is 2. The molecular formula is C14H24N4O. The zero-order valence-corrected chi connectivity index (χ0v) is 11.9. The number of carbonyl (C=O) groups excluding carboxylic acids is 1. The van der Waals surface area contributed by atoms with E-state index < -0.39 is 0 Å². The first-order chi connectivity index (χ1) is 9.11. The molecule has 0 saturated heterocycles. The van der Waals surface area contributed by atoms with E-state index >= 15 is 0 Å². The van der Waals surface area contributed by atoms with Gasteiger partial charge in [-0.2, -0.15) is 5.10 Å². The Morgan fingerprint density at radius 2 is 2.26 bits per heavy atom. The molecule has 3 N–H and O–H groups in total. The summed E-state index contributed by atoms with van der Waals surface area (Å²) in [5.74, 6) is -0.186. The van der Waals surface area contributed by atoms with Gasteiger partial charge >= 0.3 is 0 Å². The fraction of sp³-hybridized carbons (Fsp3) is 0.714. The summed E-state index contributed by atoms with van der Waals surface area (Å²) in [5.41, 5.74) is 7.84. The molecule has 1 aliphatic rings. The van der Waals surface area contributed by atoms with Gasteiger partial charge in [-0.3, -0.25) is 9.48 Å². The highest BCUT2D eigenvalue weighted by atomic mass is 16.1. The van der Waals surface area contributed by atoms with Crippen molar-refractivity contribution in [1.29, 1.82) is 0 Å². The lowest BCUT2D eigenvalue weighted by Crippen LogP contribution is -2.44. The second-order valence-electron chi connectivity index (χ2n) is 5.41. The van der Waals surface area contributed by atoms with Crippen LogP contribution in [0.5, 0.6) is 0 Å². The summed E-state index contributed by atoms with van der Waals surface area (Å²) >= 11 is 0. The van der Waals surface area contributed by atoms with Gasteiger partial charge in [-0.05, 0) is 19.3 Å². The summed E-state index contributed by atoms with van der Waals surface area (Å²) in [6, 6.07) is 0.219. The lowest BCUT2D eigenvalue weighted by molar-refractivity contribution is -0.123. The van der Waals surface area contributed by atoms with Crippen LogP contribution in [0.1, 0.15) is 43.9 Å². The maximum absolute atomic E-state index is 11.5. The SMILES string of the molecule is CCc1nn(C)cc1CN[C@H]1CCCC[C@H]1C(N)=O. The molecule has 2 rings (SSSR count). The van der Waals surface area contributed by atoms with Gasteiger partial charge in [-0.15, -0.1) is 0 Å². The Labute approximate surface area is 114 Å². The molecule has 1 saturated carbocycles. The van der Waals surface area contributed by atoms with Crippen LogP contribution in [0.3, 0.4) is 0 Å². The minimum absolute atomic E-state index is 0.0181. The molecule has 0 unspecified atom stereocenters. The van der Waals surface area contributed by atoms with E-state index in [1.54, 1.807) is 0 Å². The van der Waals surface area contributed by atoms with Crippen LogP contribution in [0, 0.1) is 5.92 Å². The number of nitrogens with one attached hydrogen (secondary N) is 1. The molecule has 1 aliphatic carbocycles. The molecule has 0 bridgehead atoms. The highest BCUT2D eigenvalue weighted by molar-refractivity contribution is 5.77. The lowest BCUT2D eigenvalue weighted by Gasteiger charge is -2.30. The number of rotatable bonds is 5. The Kier molecular flexibility index (Phi) is 4.58. The zero-order valence-electron chi connectivity index (χ0n) is 11.9. The van der Waals surface area contributed by atoms with Crippen LogP contribution in [0.4, 0.5) is 0 Å². The first-order valence-corrected chi connectivity index (χ1v) is 7.16. The molecule has 1 heterocycles. The summed E-state index contributed by atoms with van der Waals surface area (Å²) in [5, 5.41) is 7.94. The first-order valence-electron chi connectivity index (χ1n) is 7.16. The number of amides is 1. The van der Waals surface area contributed by atoms with Gasteiger partial charge in [0.25, 0.3) is 0 Å². The van der Waals surface area contributed by atoms with Crippen molar-refractivity contribution in [1.82, 2.24) is 15.1 Å². The topological polar surface area (TPSA) is 72.9 Å². The van der Waals surface area contributed by atoms with Crippen LogP contribution in [-0.2, 0) is 24.8 Å². The van der Waals surface area contributed by atoms with E-state index in [2.05, 4.69) is 17.3 Å². The van der Waals surface area contributed by atoms with E-state index in [1.165, 1.54) is 12.0 Å². The third kappa shape index (κ3) is 3.35. The third-order valence-corrected chi connectivity index (χ3v) is 4.01. The van der Waals surface area contributed by atoms with Crippen molar-refractivity contribution < 1.29 is 4.79 Å².